The molecule has 8 heteroatoms. The van der Waals surface area contributed by atoms with Gasteiger partial charge in [0.25, 0.3) is 0 Å². The van der Waals surface area contributed by atoms with Crippen molar-refractivity contribution in [3.05, 3.63) is 29.3 Å². The zero-order valence-electron chi connectivity index (χ0n) is 15.4. The Kier molecular flexibility index (Phi) is 6.82. The highest BCUT2D eigenvalue weighted by molar-refractivity contribution is 5.92. The van der Waals surface area contributed by atoms with Gasteiger partial charge in [-0.2, -0.15) is 0 Å². The van der Waals surface area contributed by atoms with Crippen LogP contribution in [0, 0.1) is 13.8 Å². The van der Waals surface area contributed by atoms with Crippen molar-refractivity contribution < 1.29 is 19.1 Å². The average molecular weight is 362 g/mol. The van der Waals surface area contributed by atoms with Crippen molar-refractivity contribution in [3.8, 4) is 5.75 Å². The van der Waals surface area contributed by atoms with Gasteiger partial charge >= 0.3 is 6.03 Å². The highest BCUT2D eigenvalue weighted by Crippen LogP contribution is 2.16. The number of carbonyl (C=O) groups is 3. The second kappa shape index (κ2) is 9.07. The molecule has 26 heavy (non-hydrogen) atoms. The van der Waals surface area contributed by atoms with E-state index >= 15 is 0 Å². The van der Waals surface area contributed by atoms with Crippen LogP contribution in [0.5, 0.6) is 5.75 Å². The number of piperazine rings is 1. The Labute approximate surface area is 153 Å². The molecule has 0 radical (unpaired) electrons. The number of carbonyl (C=O) groups excluding carboxylic acids is 3. The van der Waals surface area contributed by atoms with Gasteiger partial charge in [-0.15, -0.1) is 0 Å². The quantitative estimate of drug-likeness (QED) is 0.635. The molecule has 1 atom stereocenters. The first kappa shape index (κ1) is 19.6. The summed E-state index contributed by atoms with van der Waals surface area (Å²) in [5.41, 5.74) is 2.33. The topological polar surface area (TPSA) is 99.8 Å². The summed E-state index contributed by atoms with van der Waals surface area (Å²) in [6.45, 7) is 5.39. The van der Waals surface area contributed by atoms with Gasteiger partial charge in [0.05, 0.1) is 13.0 Å². The number of aryl methyl sites for hydroxylation is 2. The minimum absolute atomic E-state index is 0.0606. The van der Waals surface area contributed by atoms with Crippen molar-refractivity contribution in [3.63, 3.8) is 0 Å². The average Bonchev–Trinajstić information content (AvgIpc) is 2.63. The lowest BCUT2D eigenvalue weighted by Crippen LogP contribution is -2.60. The molecule has 1 saturated heterocycles. The smallest absolute Gasteiger partial charge is 0.318 e. The number of rotatable bonds is 6. The molecule has 0 spiro atoms. The fourth-order valence-corrected chi connectivity index (χ4v) is 2.67. The molecule has 0 aromatic heterocycles. The number of amides is 4. The normalized spacial score (nSPS) is 16.7. The van der Waals surface area contributed by atoms with Gasteiger partial charge in [-0.1, -0.05) is 6.07 Å². The summed E-state index contributed by atoms with van der Waals surface area (Å²) in [5, 5.41) is 7.89. The molecule has 1 aromatic carbocycles. The van der Waals surface area contributed by atoms with Crippen LogP contribution in [0.4, 0.5) is 4.79 Å². The molecule has 1 fully saturated rings. The maximum Gasteiger partial charge on any atom is 0.318 e. The van der Waals surface area contributed by atoms with Crippen LogP contribution in [0.1, 0.15) is 17.5 Å². The second-order valence-electron chi connectivity index (χ2n) is 6.20. The summed E-state index contributed by atoms with van der Waals surface area (Å²) >= 11 is 0. The SMILES string of the molecule is CNC(=O)CC1C(=O)NCCN1C(=O)NCCOc1ccc(C)c(C)c1. The van der Waals surface area contributed by atoms with Crippen LogP contribution >= 0.6 is 0 Å². The van der Waals surface area contributed by atoms with Crippen molar-refractivity contribution in [1.82, 2.24) is 20.9 Å². The number of ether oxygens (including phenoxy) is 1. The lowest BCUT2D eigenvalue weighted by molar-refractivity contribution is -0.132. The predicted molar refractivity (Wildman–Crippen MR) is 97.0 cm³/mol. The Balaban J connectivity index is 1.84. The van der Waals surface area contributed by atoms with E-state index in [4.69, 9.17) is 4.74 Å². The van der Waals surface area contributed by atoms with Gasteiger partial charge in [-0.25, -0.2) is 4.79 Å². The molecule has 1 aliphatic heterocycles. The van der Waals surface area contributed by atoms with Crippen LogP contribution in [-0.2, 0) is 9.59 Å². The van der Waals surface area contributed by atoms with Crippen LogP contribution < -0.4 is 20.7 Å². The Morgan fingerprint density at radius 1 is 1.31 bits per heavy atom. The Morgan fingerprint density at radius 2 is 2.08 bits per heavy atom. The van der Waals surface area contributed by atoms with E-state index in [1.54, 1.807) is 0 Å². The molecule has 142 valence electrons. The van der Waals surface area contributed by atoms with Gasteiger partial charge in [0, 0.05) is 20.1 Å². The van der Waals surface area contributed by atoms with E-state index in [1.165, 1.54) is 17.5 Å². The summed E-state index contributed by atoms with van der Waals surface area (Å²) < 4.78 is 5.63. The summed E-state index contributed by atoms with van der Waals surface area (Å²) in [6.07, 6.45) is -0.0606. The number of hydrogen-bond donors (Lipinski definition) is 3. The van der Waals surface area contributed by atoms with E-state index in [-0.39, 0.29) is 24.3 Å². The molecule has 4 amide bonds. The minimum atomic E-state index is -0.802. The van der Waals surface area contributed by atoms with E-state index in [9.17, 15) is 14.4 Å². The van der Waals surface area contributed by atoms with E-state index < -0.39 is 6.04 Å². The molecule has 8 nitrogen and oxygen atoms in total. The van der Waals surface area contributed by atoms with Gasteiger partial charge in [-0.05, 0) is 37.1 Å². The number of hydrogen-bond acceptors (Lipinski definition) is 4. The fourth-order valence-electron chi connectivity index (χ4n) is 2.67. The first-order valence-corrected chi connectivity index (χ1v) is 8.65. The number of benzene rings is 1. The maximum atomic E-state index is 12.4. The number of nitrogens with one attached hydrogen (secondary N) is 3. The van der Waals surface area contributed by atoms with Crippen LogP contribution in [0.15, 0.2) is 18.2 Å². The highest BCUT2D eigenvalue weighted by atomic mass is 16.5. The molecule has 1 heterocycles. The maximum absolute atomic E-state index is 12.4. The van der Waals surface area contributed by atoms with Crippen molar-refractivity contribution >= 4 is 17.8 Å². The first-order chi connectivity index (χ1) is 12.4. The molecule has 1 aliphatic rings. The van der Waals surface area contributed by atoms with E-state index in [0.29, 0.717) is 26.2 Å². The Morgan fingerprint density at radius 3 is 2.77 bits per heavy atom. The Hall–Kier alpha value is -2.77. The summed E-state index contributed by atoms with van der Waals surface area (Å²) in [5.74, 6) is 0.140. The lowest BCUT2D eigenvalue weighted by atomic mass is 10.1. The third-order valence-corrected chi connectivity index (χ3v) is 4.37. The van der Waals surface area contributed by atoms with Crippen LogP contribution in [0.25, 0.3) is 0 Å². The molecule has 0 bridgehead atoms. The zero-order valence-corrected chi connectivity index (χ0v) is 15.4. The van der Waals surface area contributed by atoms with Crippen molar-refractivity contribution in [2.75, 3.05) is 33.3 Å². The summed E-state index contributed by atoms with van der Waals surface area (Å²) in [7, 11) is 1.50. The van der Waals surface area contributed by atoms with Crippen molar-refractivity contribution in [2.45, 2.75) is 26.3 Å². The van der Waals surface area contributed by atoms with Crippen LogP contribution in [0.2, 0.25) is 0 Å². The van der Waals surface area contributed by atoms with E-state index in [1.807, 2.05) is 32.0 Å². The van der Waals surface area contributed by atoms with E-state index in [0.717, 1.165) is 11.3 Å². The van der Waals surface area contributed by atoms with Gasteiger partial charge < -0.3 is 25.6 Å². The predicted octanol–water partition coefficient (Wildman–Crippen LogP) is 0.328. The van der Waals surface area contributed by atoms with E-state index in [2.05, 4.69) is 16.0 Å². The minimum Gasteiger partial charge on any atom is -0.492 e. The molecule has 1 aromatic rings. The molecule has 2 rings (SSSR count). The second-order valence-corrected chi connectivity index (χ2v) is 6.20. The molecular formula is C18H26N4O4. The third-order valence-electron chi connectivity index (χ3n) is 4.37. The van der Waals surface area contributed by atoms with Crippen LogP contribution in [0.3, 0.4) is 0 Å². The van der Waals surface area contributed by atoms with Gasteiger partial charge in [0.15, 0.2) is 0 Å². The number of nitrogens with zero attached hydrogens (tertiary/aromatic N) is 1. The van der Waals surface area contributed by atoms with Crippen molar-refractivity contribution in [2.24, 2.45) is 0 Å². The van der Waals surface area contributed by atoms with Gasteiger partial charge in [0.1, 0.15) is 18.4 Å². The first-order valence-electron chi connectivity index (χ1n) is 8.65. The van der Waals surface area contributed by atoms with Gasteiger partial charge in [-0.3, -0.25) is 9.59 Å². The molecule has 0 aliphatic carbocycles. The summed E-state index contributed by atoms with van der Waals surface area (Å²) in [6, 6.07) is 4.64. The standard InChI is InChI=1S/C18H26N4O4/c1-12-4-5-14(10-13(12)2)26-9-7-21-18(25)22-8-6-20-17(24)15(22)11-16(23)19-3/h4-5,10,15H,6-9,11H2,1-3H3,(H,19,23)(H,20,24)(H,21,25). The lowest BCUT2D eigenvalue weighted by Gasteiger charge is -2.34. The molecule has 1 unspecified atom stereocenters. The summed E-state index contributed by atoms with van der Waals surface area (Å²) in [4.78, 5) is 37.4. The fraction of sp³-hybridized carbons (Fsp3) is 0.500. The van der Waals surface area contributed by atoms with Gasteiger partial charge in [0.2, 0.25) is 11.8 Å². The highest BCUT2D eigenvalue weighted by Gasteiger charge is 2.34. The largest absolute Gasteiger partial charge is 0.492 e. The zero-order chi connectivity index (χ0) is 19.1. The number of urea groups is 1. The monoisotopic (exact) mass is 362 g/mol. The van der Waals surface area contributed by atoms with Crippen LogP contribution in [-0.4, -0.2) is 62.1 Å². The Bertz CT molecular complexity index is 677. The van der Waals surface area contributed by atoms with Crippen molar-refractivity contribution in [1.29, 1.82) is 0 Å². The third kappa shape index (κ3) is 5.11. The molecule has 3 N–H and O–H groups in total. The molecular weight excluding hydrogens is 336 g/mol. The molecule has 0 saturated carbocycles.